The van der Waals surface area contributed by atoms with Crippen LogP contribution in [-0.4, -0.2) is 29.6 Å². The molecule has 2 heterocycles. The minimum absolute atomic E-state index is 0.324. The van der Waals surface area contributed by atoms with Crippen LogP contribution in [0, 0.1) is 0 Å². The van der Waals surface area contributed by atoms with Gasteiger partial charge in [-0.05, 0) is 30.9 Å². The maximum atomic E-state index is 5.83. The molecule has 1 aliphatic heterocycles. The smallest absolute Gasteiger partial charge is 0.223 e. The van der Waals surface area contributed by atoms with Gasteiger partial charge in [0.25, 0.3) is 0 Å². The van der Waals surface area contributed by atoms with Gasteiger partial charge in [-0.15, -0.1) is 0 Å². The van der Waals surface area contributed by atoms with Crippen molar-refractivity contribution in [2.75, 3.05) is 35.6 Å². The van der Waals surface area contributed by atoms with Gasteiger partial charge in [0.1, 0.15) is 11.6 Å². The fraction of sp³-hybridized carbons (Fsp3) is 0.375. The van der Waals surface area contributed by atoms with Gasteiger partial charge in [0.2, 0.25) is 5.95 Å². The van der Waals surface area contributed by atoms with Crippen molar-refractivity contribution >= 4 is 17.6 Å². The highest BCUT2D eigenvalue weighted by atomic mass is 15.2. The fourth-order valence-electron chi connectivity index (χ4n) is 2.78. The van der Waals surface area contributed by atoms with Gasteiger partial charge >= 0.3 is 0 Å². The largest absolute Gasteiger partial charge is 0.370 e. The van der Waals surface area contributed by atoms with Crippen LogP contribution in [0.5, 0.6) is 0 Å². The number of aromatic nitrogens is 2. The summed E-state index contributed by atoms with van der Waals surface area (Å²) in [5, 5.41) is 3.20. The van der Waals surface area contributed by atoms with E-state index in [0.29, 0.717) is 5.95 Å². The topological polar surface area (TPSA) is 67.1 Å². The van der Waals surface area contributed by atoms with Crippen LogP contribution in [0.25, 0.3) is 0 Å². The first-order chi connectivity index (χ1) is 10.3. The molecule has 1 aromatic carbocycles. The van der Waals surface area contributed by atoms with Gasteiger partial charge < -0.3 is 16.0 Å². The molecule has 2 aromatic rings. The van der Waals surface area contributed by atoms with E-state index in [4.69, 9.17) is 5.73 Å². The average Bonchev–Trinajstić information content (AvgIpc) is 2.69. The van der Waals surface area contributed by atoms with Crippen LogP contribution in [0.1, 0.15) is 18.1 Å². The normalized spacial score (nSPS) is 14.4. The van der Waals surface area contributed by atoms with Crippen LogP contribution in [0.3, 0.4) is 0 Å². The minimum Gasteiger partial charge on any atom is -0.370 e. The standard InChI is InChI=1S/C16H21N5/c1-2-18-14-11-15(20-16(17)19-14)21-9-7-12-5-3-4-6-13(12)8-10-21/h3-6,11H,2,7-10H2,1H3,(H3,17,18,19,20). The molecule has 3 rings (SSSR count). The Kier molecular flexibility index (Phi) is 3.90. The number of nitrogen functional groups attached to an aromatic ring is 1. The molecule has 21 heavy (non-hydrogen) atoms. The second kappa shape index (κ2) is 5.99. The lowest BCUT2D eigenvalue weighted by Crippen LogP contribution is -2.27. The number of anilines is 3. The Balaban J connectivity index is 1.82. The van der Waals surface area contributed by atoms with E-state index in [9.17, 15) is 0 Å². The first kappa shape index (κ1) is 13.7. The number of fused-ring (bicyclic) bond motifs is 1. The van der Waals surface area contributed by atoms with Crippen molar-refractivity contribution in [3.05, 3.63) is 41.5 Å². The van der Waals surface area contributed by atoms with E-state index in [1.54, 1.807) is 0 Å². The zero-order chi connectivity index (χ0) is 14.7. The summed E-state index contributed by atoms with van der Waals surface area (Å²) in [6, 6.07) is 10.6. The lowest BCUT2D eigenvalue weighted by atomic mass is 10.0. The Bertz CT molecular complexity index is 599. The summed E-state index contributed by atoms with van der Waals surface area (Å²) in [6.07, 6.45) is 2.08. The first-order valence-corrected chi connectivity index (χ1v) is 7.46. The molecule has 0 amide bonds. The molecule has 3 N–H and O–H groups in total. The van der Waals surface area contributed by atoms with Crippen LogP contribution < -0.4 is 16.0 Å². The van der Waals surface area contributed by atoms with Crippen LogP contribution >= 0.6 is 0 Å². The summed E-state index contributed by atoms with van der Waals surface area (Å²) < 4.78 is 0. The van der Waals surface area contributed by atoms with Gasteiger partial charge in [0.05, 0.1) is 0 Å². The third-order valence-electron chi connectivity index (χ3n) is 3.83. The van der Waals surface area contributed by atoms with Crippen molar-refractivity contribution in [2.24, 2.45) is 0 Å². The molecule has 0 aliphatic carbocycles. The molecule has 0 fully saturated rings. The molecule has 0 bridgehead atoms. The van der Waals surface area contributed by atoms with Crippen molar-refractivity contribution in [3.63, 3.8) is 0 Å². The van der Waals surface area contributed by atoms with Gasteiger partial charge in [-0.25, -0.2) is 0 Å². The number of benzene rings is 1. The molecule has 1 aromatic heterocycles. The van der Waals surface area contributed by atoms with E-state index in [1.165, 1.54) is 11.1 Å². The molecule has 0 saturated heterocycles. The third-order valence-corrected chi connectivity index (χ3v) is 3.83. The van der Waals surface area contributed by atoms with E-state index in [0.717, 1.165) is 44.1 Å². The van der Waals surface area contributed by atoms with E-state index in [1.807, 2.05) is 13.0 Å². The summed E-state index contributed by atoms with van der Waals surface area (Å²) >= 11 is 0. The van der Waals surface area contributed by atoms with E-state index in [2.05, 4.69) is 44.5 Å². The Morgan fingerprint density at radius 1 is 1.14 bits per heavy atom. The molecule has 5 heteroatoms. The maximum Gasteiger partial charge on any atom is 0.223 e. The van der Waals surface area contributed by atoms with Crippen molar-refractivity contribution in [2.45, 2.75) is 19.8 Å². The highest BCUT2D eigenvalue weighted by Gasteiger charge is 2.16. The molecule has 0 atom stereocenters. The van der Waals surface area contributed by atoms with Crippen molar-refractivity contribution < 1.29 is 0 Å². The van der Waals surface area contributed by atoms with Gasteiger partial charge in [-0.2, -0.15) is 9.97 Å². The molecule has 0 spiro atoms. The van der Waals surface area contributed by atoms with Gasteiger partial charge in [0.15, 0.2) is 0 Å². The van der Waals surface area contributed by atoms with E-state index in [-0.39, 0.29) is 0 Å². The summed E-state index contributed by atoms with van der Waals surface area (Å²) in [4.78, 5) is 10.9. The van der Waals surface area contributed by atoms with E-state index >= 15 is 0 Å². The van der Waals surface area contributed by atoms with Gasteiger partial charge in [-0.1, -0.05) is 24.3 Å². The molecular weight excluding hydrogens is 262 g/mol. The Hall–Kier alpha value is -2.30. The molecule has 0 saturated carbocycles. The third kappa shape index (κ3) is 3.07. The minimum atomic E-state index is 0.324. The fourth-order valence-corrected chi connectivity index (χ4v) is 2.78. The molecule has 1 aliphatic rings. The Labute approximate surface area is 125 Å². The molecule has 5 nitrogen and oxygen atoms in total. The number of rotatable bonds is 3. The van der Waals surface area contributed by atoms with Crippen molar-refractivity contribution in [1.29, 1.82) is 0 Å². The summed E-state index contributed by atoms with van der Waals surface area (Å²) in [5.74, 6) is 2.03. The lowest BCUT2D eigenvalue weighted by molar-refractivity contribution is 0.789. The van der Waals surface area contributed by atoms with Crippen LogP contribution in [0.2, 0.25) is 0 Å². The summed E-state index contributed by atoms with van der Waals surface area (Å²) in [7, 11) is 0. The van der Waals surface area contributed by atoms with Crippen molar-refractivity contribution in [3.8, 4) is 0 Å². The summed E-state index contributed by atoms with van der Waals surface area (Å²) in [5.41, 5.74) is 8.71. The van der Waals surface area contributed by atoms with Crippen LogP contribution in [0.4, 0.5) is 17.6 Å². The zero-order valence-corrected chi connectivity index (χ0v) is 12.3. The second-order valence-electron chi connectivity index (χ2n) is 5.26. The first-order valence-electron chi connectivity index (χ1n) is 7.46. The number of hydrogen-bond donors (Lipinski definition) is 2. The molecule has 110 valence electrons. The van der Waals surface area contributed by atoms with Gasteiger partial charge in [0, 0.05) is 25.7 Å². The molecule has 0 unspecified atom stereocenters. The number of hydrogen-bond acceptors (Lipinski definition) is 5. The lowest BCUT2D eigenvalue weighted by Gasteiger charge is -2.22. The Morgan fingerprint density at radius 2 is 1.81 bits per heavy atom. The van der Waals surface area contributed by atoms with Gasteiger partial charge in [-0.3, -0.25) is 0 Å². The average molecular weight is 283 g/mol. The SMILES string of the molecule is CCNc1cc(N2CCc3ccccc3CC2)nc(N)n1. The number of nitrogens with two attached hydrogens (primary N) is 1. The van der Waals surface area contributed by atoms with E-state index < -0.39 is 0 Å². The molecule has 0 radical (unpaired) electrons. The number of nitrogens with one attached hydrogen (secondary N) is 1. The highest BCUT2D eigenvalue weighted by molar-refractivity contribution is 5.53. The number of nitrogens with zero attached hydrogens (tertiary/aromatic N) is 3. The van der Waals surface area contributed by atoms with Crippen LogP contribution in [-0.2, 0) is 12.8 Å². The quantitative estimate of drug-likeness (QED) is 0.903. The van der Waals surface area contributed by atoms with Crippen molar-refractivity contribution in [1.82, 2.24) is 9.97 Å². The summed E-state index contributed by atoms with van der Waals surface area (Å²) in [6.45, 7) is 4.78. The maximum absolute atomic E-state index is 5.83. The predicted octanol–water partition coefficient (Wildman–Crippen LogP) is 2.10. The zero-order valence-electron chi connectivity index (χ0n) is 12.3. The highest BCUT2D eigenvalue weighted by Crippen LogP contribution is 2.22. The molecular formula is C16H21N5. The second-order valence-corrected chi connectivity index (χ2v) is 5.26. The predicted molar refractivity (Wildman–Crippen MR) is 86.7 cm³/mol. The Morgan fingerprint density at radius 3 is 2.43 bits per heavy atom. The van der Waals surface area contributed by atoms with Crippen LogP contribution in [0.15, 0.2) is 30.3 Å². The monoisotopic (exact) mass is 283 g/mol.